The summed E-state index contributed by atoms with van der Waals surface area (Å²) in [5, 5.41) is 3.28. The van der Waals surface area contributed by atoms with Crippen LogP contribution in [0.4, 0.5) is 0 Å². The molecule has 1 atom stereocenters. The van der Waals surface area contributed by atoms with Crippen molar-refractivity contribution >= 4 is 0 Å². The van der Waals surface area contributed by atoms with E-state index in [0.717, 1.165) is 32.7 Å². The van der Waals surface area contributed by atoms with Crippen LogP contribution in [0.25, 0.3) is 0 Å². The van der Waals surface area contributed by atoms with Crippen LogP contribution in [0.3, 0.4) is 0 Å². The first kappa shape index (κ1) is 12.5. The molecule has 0 aromatic heterocycles. The van der Waals surface area contributed by atoms with E-state index < -0.39 is 0 Å². The summed E-state index contributed by atoms with van der Waals surface area (Å²) < 4.78 is 11.3. The lowest BCUT2D eigenvalue weighted by Gasteiger charge is -2.42. The molecule has 0 bridgehead atoms. The molecule has 3 nitrogen and oxygen atoms in total. The fourth-order valence-electron chi connectivity index (χ4n) is 2.27. The Hall–Kier alpha value is -0.560. The summed E-state index contributed by atoms with van der Waals surface area (Å²) in [5.41, 5.74) is -0.131. The van der Waals surface area contributed by atoms with E-state index in [-0.39, 0.29) is 11.6 Å². The Morgan fingerprint density at radius 2 is 2.20 bits per heavy atom. The number of nitrogens with one attached hydrogen (secondary N) is 1. The number of rotatable bonds is 5. The average molecular weight is 211 g/mol. The van der Waals surface area contributed by atoms with Gasteiger partial charge in [0.1, 0.15) is 0 Å². The minimum absolute atomic E-state index is 0.131. The lowest BCUT2D eigenvalue weighted by atomic mass is 9.84. The Bertz CT molecular complexity index is 211. The first-order valence-electron chi connectivity index (χ1n) is 5.61. The molecule has 1 aliphatic heterocycles. The highest BCUT2D eigenvalue weighted by Gasteiger charge is 2.39. The third-order valence-corrected chi connectivity index (χ3v) is 3.08. The van der Waals surface area contributed by atoms with E-state index in [4.69, 9.17) is 15.9 Å². The van der Waals surface area contributed by atoms with Gasteiger partial charge in [-0.3, -0.25) is 0 Å². The predicted molar refractivity (Wildman–Crippen MR) is 60.7 cm³/mol. The van der Waals surface area contributed by atoms with Crippen molar-refractivity contribution in [2.75, 3.05) is 26.9 Å². The van der Waals surface area contributed by atoms with Gasteiger partial charge in [-0.15, -0.1) is 12.3 Å². The van der Waals surface area contributed by atoms with E-state index in [1.54, 1.807) is 0 Å². The molecule has 1 heterocycles. The first-order chi connectivity index (χ1) is 7.29. The van der Waals surface area contributed by atoms with Crippen LogP contribution in [0.5, 0.6) is 0 Å². The zero-order chi connectivity index (χ0) is 11.1. The summed E-state index contributed by atoms with van der Waals surface area (Å²) in [6.07, 6.45) is 7.94. The van der Waals surface area contributed by atoms with Gasteiger partial charge in [-0.2, -0.15) is 0 Å². The number of hydrogen-bond donors (Lipinski definition) is 1. The van der Waals surface area contributed by atoms with Gasteiger partial charge in [-0.05, 0) is 14.0 Å². The summed E-state index contributed by atoms with van der Waals surface area (Å²) in [4.78, 5) is 0. The van der Waals surface area contributed by atoms with Crippen LogP contribution in [-0.2, 0) is 9.47 Å². The fourth-order valence-corrected chi connectivity index (χ4v) is 2.27. The molecule has 0 spiro atoms. The van der Waals surface area contributed by atoms with Crippen molar-refractivity contribution in [2.45, 2.75) is 37.8 Å². The van der Waals surface area contributed by atoms with E-state index in [9.17, 15) is 0 Å². The van der Waals surface area contributed by atoms with Gasteiger partial charge in [0.2, 0.25) is 0 Å². The van der Waals surface area contributed by atoms with E-state index in [1.165, 1.54) is 0 Å². The molecule has 0 aromatic rings. The normalized spacial score (nSPS) is 21.9. The summed E-state index contributed by atoms with van der Waals surface area (Å²) in [6.45, 7) is 4.29. The van der Waals surface area contributed by atoms with Crippen molar-refractivity contribution in [1.29, 1.82) is 0 Å². The van der Waals surface area contributed by atoms with Crippen LogP contribution >= 0.6 is 0 Å². The molecular weight excluding hydrogens is 190 g/mol. The number of ether oxygens (including phenoxy) is 2. The molecule has 1 rings (SSSR count). The maximum atomic E-state index is 5.94. The molecule has 1 N–H and O–H groups in total. The van der Waals surface area contributed by atoms with E-state index in [0.29, 0.717) is 6.42 Å². The van der Waals surface area contributed by atoms with Gasteiger partial charge in [0, 0.05) is 45.1 Å². The highest BCUT2D eigenvalue weighted by molar-refractivity contribution is 5.01. The molecule has 1 unspecified atom stereocenters. The zero-order valence-electron chi connectivity index (χ0n) is 9.71. The molecule has 1 saturated heterocycles. The standard InChI is InChI=1S/C12H21NO2/c1-4-6-11(13-3)12(15-5-2)7-9-14-10-8-12/h1,11,13H,5-10H2,2-3H3. The maximum Gasteiger partial charge on any atom is 0.0887 e. The monoisotopic (exact) mass is 211 g/mol. The molecule has 0 radical (unpaired) electrons. The van der Waals surface area contributed by atoms with Gasteiger partial charge >= 0.3 is 0 Å². The number of likely N-dealkylation sites (N-methyl/N-ethyl adjacent to an activating group) is 1. The summed E-state index contributed by atoms with van der Waals surface area (Å²) in [5.74, 6) is 2.72. The van der Waals surface area contributed by atoms with Crippen LogP contribution in [-0.4, -0.2) is 38.5 Å². The second-order valence-corrected chi connectivity index (χ2v) is 3.86. The second-order valence-electron chi connectivity index (χ2n) is 3.86. The third kappa shape index (κ3) is 2.94. The molecule has 0 saturated carbocycles. The summed E-state index contributed by atoms with van der Waals surface area (Å²) in [7, 11) is 1.94. The van der Waals surface area contributed by atoms with Crippen molar-refractivity contribution in [3.05, 3.63) is 0 Å². The Kier molecular flexibility index (Phi) is 5.10. The van der Waals surface area contributed by atoms with Gasteiger partial charge in [-0.25, -0.2) is 0 Å². The van der Waals surface area contributed by atoms with Crippen molar-refractivity contribution < 1.29 is 9.47 Å². The van der Waals surface area contributed by atoms with Crippen LogP contribution in [0.1, 0.15) is 26.2 Å². The molecule has 0 amide bonds. The Labute approximate surface area is 92.5 Å². The van der Waals surface area contributed by atoms with Crippen molar-refractivity contribution in [2.24, 2.45) is 0 Å². The van der Waals surface area contributed by atoms with Crippen LogP contribution < -0.4 is 5.32 Å². The topological polar surface area (TPSA) is 30.5 Å². The van der Waals surface area contributed by atoms with Crippen molar-refractivity contribution in [1.82, 2.24) is 5.32 Å². The largest absolute Gasteiger partial charge is 0.381 e. The predicted octanol–water partition coefficient (Wildman–Crippen LogP) is 1.18. The van der Waals surface area contributed by atoms with Crippen LogP contribution in [0, 0.1) is 12.3 Å². The minimum Gasteiger partial charge on any atom is -0.381 e. The van der Waals surface area contributed by atoms with Crippen LogP contribution in [0.15, 0.2) is 0 Å². The maximum absolute atomic E-state index is 5.94. The lowest BCUT2D eigenvalue weighted by Crippen LogP contribution is -2.54. The van der Waals surface area contributed by atoms with Gasteiger partial charge in [0.25, 0.3) is 0 Å². The van der Waals surface area contributed by atoms with Crippen molar-refractivity contribution in [3.63, 3.8) is 0 Å². The van der Waals surface area contributed by atoms with Crippen LogP contribution in [0.2, 0.25) is 0 Å². The molecular formula is C12H21NO2. The molecule has 1 aliphatic rings. The number of terminal acetylenes is 1. The van der Waals surface area contributed by atoms with Crippen molar-refractivity contribution in [3.8, 4) is 12.3 Å². The molecule has 1 fully saturated rings. The molecule has 15 heavy (non-hydrogen) atoms. The summed E-state index contributed by atoms with van der Waals surface area (Å²) >= 11 is 0. The highest BCUT2D eigenvalue weighted by Crippen LogP contribution is 2.30. The Morgan fingerprint density at radius 3 is 2.67 bits per heavy atom. The Balaban J connectivity index is 2.72. The minimum atomic E-state index is -0.131. The zero-order valence-corrected chi connectivity index (χ0v) is 9.71. The lowest BCUT2D eigenvalue weighted by molar-refractivity contribution is -0.124. The van der Waals surface area contributed by atoms with E-state index in [2.05, 4.69) is 11.2 Å². The first-order valence-corrected chi connectivity index (χ1v) is 5.61. The third-order valence-electron chi connectivity index (χ3n) is 3.08. The van der Waals surface area contributed by atoms with E-state index in [1.807, 2.05) is 14.0 Å². The summed E-state index contributed by atoms with van der Waals surface area (Å²) in [6, 6.07) is 0.228. The fraction of sp³-hybridized carbons (Fsp3) is 0.833. The van der Waals surface area contributed by atoms with Gasteiger partial charge in [-0.1, -0.05) is 0 Å². The molecule has 0 aliphatic carbocycles. The average Bonchev–Trinajstić information content (AvgIpc) is 2.27. The SMILES string of the molecule is C#CCC(NC)C1(OCC)CCOCC1. The Morgan fingerprint density at radius 1 is 1.53 bits per heavy atom. The highest BCUT2D eigenvalue weighted by atomic mass is 16.5. The quantitative estimate of drug-likeness (QED) is 0.693. The van der Waals surface area contributed by atoms with E-state index >= 15 is 0 Å². The number of hydrogen-bond acceptors (Lipinski definition) is 3. The smallest absolute Gasteiger partial charge is 0.0887 e. The molecule has 0 aromatic carbocycles. The molecule has 86 valence electrons. The van der Waals surface area contributed by atoms with Gasteiger partial charge in [0.05, 0.1) is 5.60 Å². The van der Waals surface area contributed by atoms with Gasteiger partial charge < -0.3 is 14.8 Å². The molecule has 3 heteroatoms. The second kappa shape index (κ2) is 6.12. The van der Waals surface area contributed by atoms with Gasteiger partial charge in [0.15, 0.2) is 0 Å².